The Hall–Kier alpha value is -2.36. The molecule has 0 unspecified atom stereocenters. The van der Waals surface area contributed by atoms with Crippen molar-refractivity contribution in [2.45, 2.75) is 32.0 Å². The van der Waals surface area contributed by atoms with Crippen LogP contribution in [-0.2, 0) is 6.42 Å². The Labute approximate surface area is 159 Å². The molecule has 3 nitrogen and oxygen atoms in total. The maximum absolute atomic E-state index is 10.3. The van der Waals surface area contributed by atoms with Gasteiger partial charge in [-0.15, -0.1) is 0 Å². The molecule has 0 aliphatic heterocycles. The monoisotopic (exact) mass is 367 g/mol. The lowest BCUT2D eigenvalue weighted by Crippen LogP contribution is -2.29. The summed E-state index contributed by atoms with van der Waals surface area (Å²) in [4.78, 5) is 4.09. The van der Waals surface area contributed by atoms with Crippen molar-refractivity contribution in [1.82, 2.24) is 4.98 Å². The molecule has 0 amide bonds. The molecular formula is C22H22ClNO2. The van der Waals surface area contributed by atoms with Gasteiger partial charge in [0.15, 0.2) is 0 Å². The zero-order chi connectivity index (χ0) is 18.4. The van der Waals surface area contributed by atoms with E-state index >= 15 is 0 Å². The van der Waals surface area contributed by atoms with Gasteiger partial charge in [-0.25, -0.2) is 0 Å². The van der Waals surface area contributed by atoms with E-state index in [0.29, 0.717) is 6.42 Å². The Balaban J connectivity index is 1.55. The van der Waals surface area contributed by atoms with E-state index < -0.39 is 6.10 Å². The summed E-state index contributed by atoms with van der Waals surface area (Å²) < 4.78 is 5.89. The zero-order valence-corrected chi connectivity index (χ0v) is 15.4. The fourth-order valence-corrected chi connectivity index (χ4v) is 2.88. The molecule has 0 aliphatic rings. The van der Waals surface area contributed by atoms with Gasteiger partial charge in [-0.1, -0.05) is 41.9 Å². The Kier molecular flexibility index (Phi) is 6.26. The van der Waals surface area contributed by atoms with E-state index in [1.165, 1.54) is 0 Å². The third kappa shape index (κ3) is 5.07. The van der Waals surface area contributed by atoms with E-state index in [4.69, 9.17) is 16.3 Å². The molecule has 2 atom stereocenters. The highest BCUT2D eigenvalue weighted by molar-refractivity contribution is 6.30. The lowest BCUT2D eigenvalue weighted by Gasteiger charge is -2.20. The molecule has 0 bridgehead atoms. The largest absolute Gasteiger partial charge is 0.488 e. The topological polar surface area (TPSA) is 42.4 Å². The quantitative estimate of drug-likeness (QED) is 0.627. The number of nitrogens with zero attached hydrogens (tertiary/aromatic N) is 1. The van der Waals surface area contributed by atoms with E-state index in [2.05, 4.69) is 4.98 Å². The number of halogens is 1. The van der Waals surface area contributed by atoms with Crippen molar-refractivity contribution in [3.63, 3.8) is 0 Å². The molecule has 1 N–H and O–H groups in total. The maximum atomic E-state index is 10.3. The van der Waals surface area contributed by atoms with Gasteiger partial charge < -0.3 is 9.84 Å². The molecule has 26 heavy (non-hydrogen) atoms. The first-order valence-corrected chi connectivity index (χ1v) is 9.09. The molecule has 0 saturated carbocycles. The number of rotatable bonds is 7. The van der Waals surface area contributed by atoms with Gasteiger partial charge in [0.2, 0.25) is 0 Å². The van der Waals surface area contributed by atoms with Crippen LogP contribution in [0.25, 0.3) is 11.1 Å². The highest BCUT2D eigenvalue weighted by atomic mass is 35.5. The third-order valence-electron chi connectivity index (χ3n) is 4.35. The van der Waals surface area contributed by atoms with Crippen LogP contribution < -0.4 is 4.74 Å². The van der Waals surface area contributed by atoms with E-state index in [0.717, 1.165) is 33.9 Å². The first-order valence-electron chi connectivity index (χ1n) is 8.71. The van der Waals surface area contributed by atoms with Crippen LogP contribution in [0.5, 0.6) is 5.75 Å². The van der Waals surface area contributed by atoms with Crippen LogP contribution in [0.1, 0.15) is 18.9 Å². The number of aliphatic hydroxyl groups excluding tert-OH is 1. The number of hydrogen-bond donors (Lipinski definition) is 1. The van der Waals surface area contributed by atoms with Crippen molar-refractivity contribution in [1.29, 1.82) is 0 Å². The van der Waals surface area contributed by atoms with Crippen LogP contribution in [0.2, 0.25) is 5.02 Å². The predicted octanol–water partition coefficient (Wildman–Crippen LogP) is 5.16. The number of ether oxygens (including phenoxy) is 1. The van der Waals surface area contributed by atoms with Gasteiger partial charge in [-0.05, 0) is 66.8 Å². The summed E-state index contributed by atoms with van der Waals surface area (Å²) in [5.74, 6) is 0.746. The molecule has 0 fully saturated rings. The first-order chi connectivity index (χ1) is 12.6. The van der Waals surface area contributed by atoms with Crippen molar-refractivity contribution in [3.05, 3.63) is 83.6 Å². The molecule has 0 saturated heterocycles. The normalized spacial score (nSPS) is 13.2. The average Bonchev–Trinajstić information content (AvgIpc) is 2.68. The van der Waals surface area contributed by atoms with Crippen LogP contribution in [0.15, 0.2) is 73.1 Å². The summed E-state index contributed by atoms with van der Waals surface area (Å²) in [5.41, 5.74) is 3.32. The Morgan fingerprint density at radius 1 is 1.00 bits per heavy atom. The molecule has 4 heteroatoms. The van der Waals surface area contributed by atoms with Crippen LogP contribution >= 0.6 is 11.6 Å². The van der Waals surface area contributed by atoms with Crippen LogP contribution in [-0.4, -0.2) is 22.3 Å². The minimum Gasteiger partial charge on any atom is -0.488 e. The summed E-state index contributed by atoms with van der Waals surface area (Å²) in [5, 5.41) is 11.1. The SMILES string of the molecule is C[C@H](Oc1ccc(-c2ccc(Cl)cc2)cc1)[C@H](O)CCc1cccnc1. The summed E-state index contributed by atoms with van der Waals surface area (Å²) in [7, 11) is 0. The van der Waals surface area contributed by atoms with Crippen LogP contribution in [0.3, 0.4) is 0 Å². The molecule has 1 heterocycles. The smallest absolute Gasteiger partial charge is 0.122 e. The van der Waals surface area contributed by atoms with Crippen molar-refractivity contribution in [2.24, 2.45) is 0 Å². The summed E-state index contributed by atoms with van der Waals surface area (Å²) in [6, 6.07) is 19.5. The van der Waals surface area contributed by atoms with Gasteiger partial charge in [0, 0.05) is 17.4 Å². The van der Waals surface area contributed by atoms with Crippen molar-refractivity contribution in [2.75, 3.05) is 0 Å². The highest BCUT2D eigenvalue weighted by Crippen LogP contribution is 2.24. The molecule has 1 aromatic heterocycles. The summed E-state index contributed by atoms with van der Waals surface area (Å²) in [6.45, 7) is 1.89. The van der Waals surface area contributed by atoms with Crippen LogP contribution in [0, 0.1) is 0 Å². The fraction of sp³-hybridized carbons (Fsp3) is 0.227. The minimum absolute atomic E-state index is 0.284. The molecular weight excluding hydrogens is 346 g/mol. The minimum atomic E-state index is -0.536. The lowest BCUT2D eigenvalue weighted by atomic mass is 10.0. The number of pyridine rings is 1. The molecule has 134 valence electrons. The number of hydrogen-bond acceptors (Lipinski definition) is 3. The van der Waals surface area contributed by atoms with Gasteiger partial charge in [-0.2, -0.15) is 0 Å². The van der Waals surface area contributed by atoms with E-state index in [-0.39, 0.29) is 6.10 Å². The van der Waals surface area contributed by atoms with E-state index in [9.17, 15) is 5.11 Å². The summed E-state index contributed by atoms with van der Waals surface area (Å²) in [6.07, 6.45) is 4.17. The number of aryl methyl sites for hydroxylation is 1. The second-order valence-corrected chi connectivity index (χ2v) is 6.76. The summed E-state index contributed by atoms with van der Waals surface area (Å²) >= 11 is 5.93. The number of aliphatic hydroxyl groups is 1. The molecule has 0 spiro atoms. The Bertz CT molecular complexity index is 804. The standard InChI is InChI=1S/C22H22ClNO2/c1-16(22(25)13-4-17-3-2-14-24-15-17)26-21-11-7-19(8-12-21)18-5-9-20(23)10-6-18/h2-3,5-12,14-16,22,25H,4,13H2,1H3/t16-,22+/m0/s1. The predicted molar refractivity (Wildman–Crippen MR) is 106 cm³/mol. The Morgan fingerprint density at radius 3 is 2.27 bits per heavy atom. The maximum Gasteiger partial charge on any atom is 0.122 e. The van der Waals surface area contributed by atoms with Crippen molar-refractivity contribution < 1.29 is 9.84 Å². The third-order valence-corrected chi connectivity index (χ3v) is 4.60. The molecule has 0 aliphatic carbocycles. The second kappa shape index (κ2) is 8.84. The van der Waals surface area contributed by atoms with Crippen LogP contribution in [0.4, 0.5) is 0 Å². The first kappa shape index (κ1) is 18.4. The van der Waals surface area contributed by atoms with Gasteiger partial charge in [-0.3, -0.25) is 4.98 Å². The van der Waals surface area contributed by atoms with Crippen molar-refractivity contribution >= 4 is 11.6 Å². The van der Waals surface area contributed by atoms with E-state index in [1.807, 2.05) is 73.8 Å². The molecule has 0 radical (unpaired) electrons. The lowest BCUT2D eigenvalue weighted by molar-refractivity contribution is 0.0420. The number of aromatic nitrogens is 1. The van der Waals surface area contributed by atoms with Gasteiger partial charge in [0.25, 0.3) is 0 Å². The zero-order valence-electron chi connectivity index (χ0n) is 14.7. The van der Waals surface area contributed by atoms with E-state index in [1.54, 1.807) is 6.20 Å². The van der Waals surface area contributed by atoms with Gasteiger partial charge in [0.1, 0.15) is 11.9 Å². The van der Waals surface area contributed by atoms with Gasteiger partial charge >= 0.3 is 0 Å². The molecule has 3 aromatic rings. The second-order valence-electron chi connectivity index (χ2n) is 6.32. The number of benzene rings is 2. The molecule has 2 aromatic carbocycles. The Morgan fingerprint density at radius 2 is 1.65 bits per heavy atom. The molecule has 3 rings (SSSR count). The average molecular weight is 368 g/mol. The van der Waals surface area contributed by atoms with Gasteiger partial charge in [0.05, 0.1) is 6.10 Å². The highest BCUT2D eigenvalue weighted by Gasteiger charge is 2.16. The fourth-order valence-electron chi connectivity index (χ4n) is 2.76. The van der Waals surface area contributed by atoms with Crippen molar-refractivity contribution in [3.8, 4) is 16.9 Å².